The summed E-state index contributed by atoms with van der Waals surface area (Å²) in [7, 11) is -2.30. The molecule has 1 saturated heterocycles. The van der Waals surface area contributed by atoms with E-state index < -0.39 is 73.5 Å². The first kappa shape index (κ1) is 40.0. The lowest BCUT2D eigenvalue weighted by Crippen LogP contribution is -2.73. The molecule has 0 radical (unpaired) electrons. The Morgan fingerprint density at radius 3 is 2.52 bits per heavy atom. The number of benzene rings is 1. The zero-order valence-electron chi connectivity index (χ0n) is 33.2. The summed E-state index contributed by atoms with van der Waals surface area (Å²) in [4.78, 5) is 62.9. The molecule has 2 bridgehead atoms. The summed E-state index contributed by atoms with van der Waals surface area (Å²) in [5.74, 6) is -1.13. The number of nitrogens with zero attached hydrogens (tertiary/aromatic N) is 2. The van der Waals surface area contributed by atoms with Crippen LogP contribution in [0.4, 0.5) is 4.79 Å². The predicted molar refractivity (Wildman–Crippen MR) is 207 cm³/mol. The molecule has 7 rings (SSSR count). The van der Waals surface area contributed by atoms with Gasteiger partial charge in [-0.1, -0.05) is 47.0 Å². The molecule has 4 fully saturated rings. The van der Waals surface area contributed by atoms with E-state index in [1.165, 1.54) is 4.90 Å². The number of methoxy groups -OCH3 is 1. The van der Waals surface area contributed by atoms with Crippen molar-refractivity contribution >= 4 is 44.7 Å². The number of pyridine rings is 1. The monoisotopic (exact) mass is 796 g/mol. The molecule has 0 spiro atoms. The largest absolute Gasteiger partial charge is 0.497 e. The van der Waals surface area contributed by atoms with E-state index in [1.54, 1.807) is 27.9 Å². The third kappa shape index (κ3) is 7.62. The number of amides is 4. The number of carbonyl (C=O) groups excluding carboxylic acids is 4. The number of rotatable bonds is 7. The van der Waals surface area contributed by atoms with Gasteiger partial charge < -0.3 is 30.2 Å². The highest BCUT2D eigenvalue weighted by atomic mass is 32.2. The fourth-order valence-corrected chi connectivity index (χ4v) is 9.79. The van der Waals surface area contributed by atoms with Crippen molar-refractivity contribution in [2.24, 2.45) is 23.0 Å². The topological polar surface area (TPSA) is 208 Å². The zero-order chi connectivity index (χ0) is 40.4. The summed E-state index contributed by atoms with van der Waals surface area (Å²) in [6.45, 7) is 8.83. The first-order chi connectivity index (χ1) is 26.3. The van der Waals surface area contributed by atoms with Crippen molar-refractivity contribution in [3.63, 3.8) is 0 Å². The lowest BCUT2D eigenvalue weighted by molar-refractivity contribution is -0.148. The first-order valence-electron chi connectivity index (χ1n) is 20.0. The zero-order valence-corrected chi connectivity index (χ0v) is 34.1. The van der Waals surface area contributed by atoms with Crippen molar-refractivity contribution in [2.45, 2.75) is 139 Å². The number of nitrogens with two attached hydrogens (primary N) is 1. The van der Waals surface area contributed by atoms with Crippen LogP contribution < -0.4 is 30.6 Å². The van der Waals surface area contributed by atoms with E-state index in [1.807, 2.05) is 38.1 Å². The summed E-state index contributed by atoms with van der Waals surface area (Å²) in [5, 5.41) is 5.74. The molecule has 16 heteroatoms. The third-order valence-electron chi connectivity index (χ3n) is 12.7. The molecule has 5 N–H and O–H groups in total. The number of hydrogen-bond donors (Lipinski definition) is 4. The summed E-state index contributed by atoms with van der Waals surface area (Å²) in [6, 6.07) is 6.34. The molecule has 7 unspecified atom stereocenters. The number of hydrogen-bond acceptors (Lipinski definition) is 11. The normalized spacial score (nSPS) is 32.4. The van der Waals surface area contributed by atoms with Crippen LogP contribution in [0.3, 0.4) is 0 Å². The Morgan fingerprint density at radius 1 is 1.11 bits per heavy atom. The van der Waals surface area contributed by atoms with Crippen LogP contribution >= 0.6 is 0 Å². The van der Waals surface area contributed by atoms with E-state index in [2.05, 4.69) is 15.4 Å². The van der Waals surface area contributed by atoms with E-state index in [0.717, 1.165) is 42.3 Å². The Labute approximate surface area is 328 Å². The van der Waals surface area contributed by atoms with Gasteiger partial charge in [0.15, 0.2) is 5.66 Å². The SMILES string of the molecule is CCC1CC1(NC(=O)C1CC2CN1C(=O)C(N)(C(C)(C)C)NC(=O)OC1(C)CC1CCCCCc1nc3ccc(OC)cc3cc1O2)C(=O)NS(=O)(=O)C1CC1. The first-order valence-corrected chi connectivity index (χ1v) is 21.5. The number of aryl methyl sites for hydroxylation is 1. The van der Waals surface area contributed by atoms with Crippen LogP contribution in [0.1, 0.15) is 105 Å². The molecule has 2 aliphatic heterocycles. The van der Waals surface area contributed by atoms with Crippen molar-refractivity contribution in [1.29, 1.82) is 0 Å². The van der Waals surface area contributed by atoms with Gasteiger partial charge in [0, 0.05) is 23.1 Å². The third-order valence-corrected chi connectivity index (χ3v) is 14.5. The van der Waals surface area contributed by atoms with Gasteiger partial charge in [-0.05, 0) is 82.1 Å². The van der Waals surface area contributed by atoms with Gasteiger partial charge in [0.05, 0.1) is 30.1 Å². The molecule has 306 valence electrons. The summed E-state index contributed by atoms with van der Waals surface area (Å²) in [6.07, 6.45) is 5.09. The van der Waals surface area contributed by atoms with E-state index in [0.29, 0.717) is 43.6 Å². The molecular formula is C40H56N6O9S. The fourth-order valence-electron chi connectivity index (χ4n) is 8.42. The summed E-state index contributed by atoms with van der Waals surface area (Å²) >= 11 is 0. The van der Waals surface area contributed by atoms with Gasteiger partial charge in [0.25, 0.3) is 11.8 Å². The molecule has 56 heavy (non-hydrogen) atoms. The lowest BCUT2D eigenvalue weighted by Gasteiger charge is -2.43. The molecular weight excluding hydrogens is 741 g/mol. The van der Waals surface area contributed by atoms with E-state index in [4.69, 9.17) is 24.9 Å². The molecule has 1 aromatic carbocycles. The van der Waals surface area contributed by atoms with Crippen LogP contribution in [0.25, 0.3) is 10.9 Å². The highest BCUT2D eigenvalue weighted by Gasteiger charge is 2.63. The van der Waals surface area contributed by atoms with Crippen LogP contribution in [0.15, 0.2) is 24.3 Å². The molecule has 3 saturated carbocycles. The lowest BCUT2D eigenvalue weighted by atomic mass is 9.79. The number of sulfonamides is 1. The second-order valence-corrected chi connectivity index (χ2v) is 19.7. The fraction of sp³-hybridized carbons (Fsp3) is 0.675. The van der Waals surface area contributed by atoms with Crippen molar-refractivity contribution in [3.8, 4) is 11.5 Å². The van der Waals surface area contributed by atoms with Crippen LogP contribution in [-0.4, -0.2) is 90.0 Å². The van der Waals surface area contributed by atoms with E-state index >= 15 is 0 Å². The maximum absolute atomic E-state index is 14.9. The Bertz CT molecular complexity index is 2030. The van der Waals surface area contributed by atoms with Gasteiger partial charge >= 0.3 is 6.09 Å². The van der Waals surface area contributed by atoms with Crippen molar-refractivity contribution in [1.82, 2.24) is 25.2 Å². The molecule has 7 atom stereocenters. The number of aromatic nitrogens is 1. The van der Waals surface area contributed by atoms with Gasteiger partial charge in [0.2, 0.25) is 15.9 Å². The summed E-state index contributed by atoms with van der Waals surface area (Å²) < 4.78 is 45.9. The minimum atomic E-state index is -3.89. The molecule has 4 amide bonds. The van der Waals surface area contributed by atoms with E-state index in [9.17, 15) is 27.6 Å². The molecule has 15 nitrogen and oxygen atoms in total. The minimum Gasteiger partial charge on any atom is -0.497 e. The molecule has 5 aliphatic rings. The van der Waals surface area contributed by atoms with Gasteiger partial charge in [0.1, 0.15) is 34.8 Å². The van der Waals surface area contributed by atoms with Gasteiger partial charge in [-0.2, -0.15) is 0 Å². The second-order valence-electron chi connectivity index (χ2n) is 17.8. The number of fused-ring (bicyclic) bond motifs is 5. The van der Waals surface area contributed by atoms with Crippen LogP contribution in [-0.2, 0) is 35.6 Å². The minimum absolute atomic E-state index is 0.0203. The van der Waals surface area contributed by atoms with Crippen molar-refractivity contribution in [3.05, 3.63) is 30.0 Å². The van der Waals surface area contributed by atoms with Crippen LogP contribution in [0, 0.1) is 17.3 Å². The van der Waals surface area contributed by atoms with Gasteiger partial charge in [-0.15, -0.1) is 0 Å². The molecule has 1 aromatic heterocycles. The predicted octanol–water partition coefficient (Wildman–Crippen LogP) is 3.81. The number of carbonyl (C=O) groups is 4. The smallest absolute Gasteiger partial charge is 0.409 e. The Kier molecular flexibility index (Phi) is 10.2. The maximum Gasteiger partial charge on any atom is 0.409 e. The second kappa shape index (κ2) is 14.3. The maximum atomic E-state index is 14.9. The van der Waals surface area contributed by atoms with Gasteiger partial charge in [-0.3, -0.25) is 24.4 Å². The number of ether oxygens (including phenoxy) is 3. The Hall–Kier alpha value is -4.18. The van der Waals surface area contributed by atoms with Gasteiger partial charge in [-0.25, -0.2) is 18.2 Å². The average molecular weight is 797 g/mol. The van der Waals surface area contributed by atoms with E-state index in [-0.39, 0.29) is 31.2 Å². The molecule has 3 heterocycles. The Balaban J connectivity index is 1.24. The average Bonchev–Trinajstić information content (AvgIpc) is 4.08. The van der Waals surface area contributed by atoms with Crippen molar-refractivity contribution < 1.29 is 41.8 Å². The molecule has 3 aliphatic carbocycles. The number of nitrogens with one attached hydrogen (secondary N) is 3. The van der Waals surface area contributed by atoms with Crippen molar-refractivity contribution in [2.75, 3.05) is 13.7 Å². The number of alkyl carbamates (subject to hydrolysis) is 1. The standard InChI is InChI=1S/C40H56N6O9S/c1-7-24-21-39(24,34(48)45-56(51,52)28-14-15-28)43-33(47)31-19-27-22-46(31)35(49)40(41,37(2,3)4)44-36(50)55-38(5)20-25(38)11-9-8-10-12-30-32(54-27)18-23-17-26(53-6)13-16-29(23)42-30/h13,16-18,24-25,27-28,31H,7-12,14-15,19-22,41H2,1-6H3,(H,43,47)(H,44,50)(H,45,48). The summed E-state index contributed by atoms with van der Waals surface area (Å²) in [5.41, 5.74) is 3.21. The molecule has 2 aromatic rings. The Morgan fingerprint density at radius 2 is 1.86 bits per heavy atom. The quantitative estimate of drug-likeness (QED) is 0.317. The highest BCUT2D eigenvalue weighted by molar-refractivity contribution is 7.91. The van der Waals surface area contributed by atoms with Crippen LogP contribution in [0.2, 0.25) is 0 Å². The highest BCUT2D eigenvalue weighted by Crippen LogP contribution is 2.50. The van der Waals surface area contributed by atoms with Crippen LogP contribution in [0.5, 0.6) is 11.5 Å².